The van der Waals surface area contributed by atoms with Crippen molar-refractivity contribution in [2.45, 2.75) is 89.9 Å². The number of nitrogens with one attached hydrogen (secondary N) is 2. The third-order valence-electron chi connectivity index (χ3n) is 14.8. The zero-order chi connectivity index (χ0) is 42.4. The van der Waals surface area contributed by atoms with Gasteiger partial charge in [0.05, 0.1) is 40.6 Å². The van der Waals surface area contributed by atoms with E-state index in [1.165, 1.54) is 5.56 Å². The first-order chi connectivity index (χ1) is 29.5. The molecule has 3 aliphatic carbocycles. The van der Waals surface area contributed by atoms with Crippen molar-refractivity contribution >= 4 is 35.6 Å². The van der Waals surface area contributed by atoms with E-state index >= 15 is 0 Å². The maximum absolute atomic E-state index is 13.9. The Morgan fingerprint density at radius 1 is 0.590 bits per heavy atom. The number of hydrogen-bond acceptors (Lipinski definition) is 9. The van der Waals surface area contributed by atoms with Gasteiger partial charge < -0.3 is 24.6 Å². The molecule has 3 aromatic carbocycles. The molecule has 3 spiro atoms. The second-order valence-electron chi connectivity index (χ2n) is 18.3. The van der Waals surface area contributed by atoms with E-state index in [1.54, 1.807) is 29.7 Å². The van der Waals surface area contributed by atoms with E-state index < -0.39 is 28.7 Å². The first-order valence-corrected chi connectivity index (χ1v) is 22.0. The molecule has 6 aliphatic rings. The minimum atomic E-state index is -0.573. The molecule has 0 unspecified atom stereocenters. The first kappa shape index (κ1) is 40.8. The number of hydroxylamine groups is 1. The summed E-state index contributed by atoms with van der Waals surface area (Å²) in [5, 5.41) is 12.0. The molecule has 3 fully saturated rings. The van der Waals surface area contributed by atoms with E-state index in [2.05, 4.69) is 5.32 Å². The van der Waals surface area contributed by atoms with Crippen molar-refractivity contribution in [3.63, 3.8) is 0 Å². The number of ether oxygens (including phenoxy) is 2. The van der Waals surface area contributed by atoms with Crippen LogP contribution >= 0.6 is 0 Å². The summed E-state index contributed by atoms with van der Waals surface area (Å²) in [6.45, 7) is 3.34. The molecule has 3 aliphatic heterocycles. The number of benzene rings is 3. The van der Waals surface area contributed by atoms with Crippen molar-refractivity contribution in [3.8, 4) is 0 Å². The van der Waals surface area contributed by atoms with E-state index in [0.29, 0.717) is 81.5 Å². The summed E-state index contributed by atoms with van der Waals surface area (Å²) in [6, 6.07) is 16.7. The average Bonchev–Trinajstić information content (AvgIpc) is 3.89. The smallest absolute Gasteiger partial charge is 0.338 e. The standard InChI is InChI=1S/C48H54N4O9/c53-40(50-59)34-6-3-31-10-13-47(29-37(31)25-34)16-21-51(44(47)57)19-1-24-61-42(55)36-8-5-33-11-14-48(30-39(33)27-36)17-22-52(45(48)58)20-2-23-60-41(54)35-7-4-32-9-12-46(28-38(32)26-35)15-18-49-43(46)56/h3-8,25-27,59H,1-2,9-24,28-30H2,(H,49,56)(H,50,53)/t46-,47-,48-/m0/s1. The van der Waals surface area contributed by atoms with Crippen LogP contribution in [0.3, 0.4) is 0 Å². The lowest BCUT2D eigenvalue weighted by molar-refractivity contribution is -0.137. The number of fused-ring (bicyclic) bond motifs is 3. The van der Waals surface area contributed by atoms with Crippen molar-refractivity contribution in [2.24, 2.45) is 16.2 Å². The lowest BCUT2D eigenvalue weighted by Gasteiger charge is -2.33. The summed E-state index contributed by atoms with van der Waals surface area (Å²) in [4.78, 5) is 82.1. The Morgan fingerprint density at radius 3 is 1.49 bits per heavy atom. The van der Waals surface area contributed by atoms with Gasteiger partial charge in [0.2, 0.25) is 17.7 Å². The summed E-state index contributed by atoms with van der Waals surface area (Å²) in [5.74, 6) is -1.05. The largest absolute Gasteiger partial charge is 0.462 e. The van der Waals surface area contributed by atoms with Crippen LogP contribution in [0.1, 0.15) is 116 Å². The predicted octanol–water partition coefficient (Wildman–Crippen LogP) is 4.71. The van der Waals surface area contributed by atoms with Gasteiger partial charge in [0.15, 0.2) is 0 Å². The van der Waals surface area contributed by atoms with Gasteiger partial charge in [-0.25, -0.2) is 15.1 Å². The normalized spacial score (nSPS) is 25.1. The second kappa shape index (κ2) is 16.4. The summed E-state index contributed by atoms with van der Waals surface area (Å²) >= 11 is 0. The van der Waals surface area contributed by atoms with Crippen LogP contribution < -0.4 is 10.8 Å². The van der Waals surface area contributed by atoms with Crippen molar-refractivity contribution < 1.29 is 43.4 Å². The molecule has 13 nitrogen and oxygen atoms in total. The lowest BCUT2D eigenvalue weighted by atomic mass is 9.70. The predicted molar refractivity (Wildman–Crippen MR) is 222 cm³/mol. The number of aryl methyl sites for hydroxylation is 3. The van der Waals surface area contributed by atoms with Gasteiger partial charge >= 0.3 is 11.9 Å². The molecule has 3 aromatic rings. The monoisotopic (exact) mass is 830 g/mol. The lowest BCUT2D eigenvalue weighted by Crippen LogP contribution is -2.39. The highest BCUT2D eigenvalue weighted by molar-refractivity contribution is 5.94. The Balaban J connectivity index is 0.724. The molecular formula is C48H54N4O9. The minimum Gasteiger partial charge on any atom is -0.462 e. The third-order valence-corrected chi connectivity index (χ3v) is 14.8. The van der Waals surface area contributed by atoms with Gasteiger partial charge in [-0.1, -0.05) is 18.2 Å². The molecule has 0 aromatic heterocycles. The zero-order valence-electron chi connectivity index (χ0n) is 34.7. The molecule has 3 saturated heterocycles. The quantitative estimate of drug-likeness (QED) is 0.107. The van der Waals surface area contributed by atoms with E-state index in [0.717, 1.165) is 85.6 Å². The molecule has 0 bridgehead atoms. The number of hydrogen-bond donors (Lipinski definition) is 3. The SMILES string of the molecule is O=C(NO)c1ccc2c(c1)C[C@]1(CC2)CCN(CCCOC(=O)c2ccc3c(c2)C[C@]2(CC3)CCN(CCCOC(=O)c3ccc4c(c3)C[C@@]3(CCNC3=O)CC4)C2=O)C1=O. The molecule has 3 heterocycles. The zero-order valence-corrected chi connectivity index (χ0v) is 34.7. The van der Waals surface area contributed by atoms with Gasteiger partial charge in [-0.3, -0.25) is 24.4 Å². The van der Waals surface area contributed by atoms with E-state index in [-0.39, 0.29) is 36.4 Å². The highest BCUT2D eigenvalue weighted by atomic mass is 16.5. The van der Waals surface area contributed by atoms with Crippen LogP contribution in [-0.4, -0.2) is 96.5 Å². The maximum atomic E-state index is 13.9. The van der Waals surface area contributed by atoms with E-state index in [4.69, 9.17) is 14.7 Å². The van der Waals surface area contributed by atoms with Crippen LogP contribution in [0, 0.1) is 16.2 Å². The Labute approximate surface area is 355 Å². The Bertz CT molecular complexity index is 2310. The molecule has 61 heavy (non-hydrogen) atoms. The van der Waals surface area contributed by atoms with Crippen molar-refractivity contribution in [1.82, 2.24) is 20.6 Å². The van der Waals surface area contributed by atoms with Gasteiger partial charge in [-0.15, -0.1) is 0 Å². The van der Waals surface area contributed by atoms with Gasteiger partial charge in [0.25, 0.3) is 5.91 Å². The van der Waals surface area contributed by atoms with Gasteiger partial charge in [-0.05, 0) is 160 Å². The number of nitrogens with zero attached hydrogens (tertiary/aromatic N) is 2. The van der Waals surface area contributed by atoms with Crippen LogP contribution in [0.25, 0.3) is 0 Å². The van der Waals surface area contributed by atoms with Crippen LogP contribution in [0.15, 0.2) is 54.6 Å². The molecule has 3 atom stereocenters. The molecule has 320 valence electrons. The number of likely N-dealkylation sites (tertiary alicyclic amines) is 2. The number of carbonyl (C=O) groups is 6. The highest BCUT2D eigenvalue weighted by Gasteiger charge is 2.49. The van der Waals surface area contributed by atoms with Crippen molar-refractivity contribution in [2.75, 3.05) is 45.9 Å². The van der Waals surface area contributed by atoms with Crippen molar-refractivity contribution in [3.05, 3.63) is 105 Å². The molecular weight excluding hydrogens is 777 g/mol. The summed E-state index contributed by atoms with van der Waals surface area (Å²) < 4.78 is 11.3. The minimum absolute atomic E-state index is 0.102. The molecule has 3 N–H and O–H groups in total. The number of esters is 2. The molecule has 9 rings (SSSR count). The topological polar surface area (TPSA) is 172 Å². The fourth-order valence-electron chi connectivity index (χ4n) is 11.2. The fourth-order valence-corrected chi connectivity index (χ4v) is 11.2. The Kier molecular flexibility index (Phi) is 11.0. The fraction of sp³-hybridized carbons (Fsp3) is 0.500. The third kappa shape index (κ3) is 7.70. The summed E-state index contributed by atoms with van der Waals surface area (Å²) in [7, 11) is 0. The first-order valence-electron chi connectivity index (χ1n) is 22.0. The van der Waals surface area contributed by atoms with Crippen LogP contribution in [0.4, 0.5) is 0 Å². The highest BCUT2D eigenvalue weighted by Crippen LogP contribution is 2.46. The molecule has 4 amide bonds. The molecule has 0 radical (unpaired) electrons. The second-order valence-corrected chi connectivity index (χ2v) is 18.3. The van der Waals surface area contributed by atoms with Crippen LogP contribution in [0.5, 0.6) is 0 Å². The van der Waals surface area contributed by atoms with Crippen molar-refractivity contribution in [1.29, 1.82) is 0 Å². The molecule has 0 saturated carbocycles. The van der Waals surface area contributed by atoms with Crippen LogP contribution in [-0.2, 0) is 62.4 Å². The number of rotatable bonds is 11. The summed E-state index contributed by atoms with van der Waals surface area (Å²) in [6.07, 6.45) is 9.77. The van der Waals surface area contributed by atoms with Gasteiger partial charge in [0, 0.05) is 38.3 Å². The van der Waals surface area contributed by atoms with Gasteiger partial charge in [-0.2, -0.15) is 0 Å². The van der Waals surface area contributed by atoms with Gasteiger partial charge in [0.1, 0.15) is 0 Å². The maximum Gasteiger partial charge on any atom is 0.338 e. The van der Waals surface area contributed by atoms with E-state index in [9.17, 15) is 28.8 Å². The Morgan fingerprint density at radius 2 is 1.03 bits per heavy atom. The summed E-state index contributed by atoms with van der Waals surface area (Å²) in [5.41, 5.74) is 8.07. The number of carbonyl (C=O) groups excluding carboxylic acids is 6. The van der Waals surface area contributed by atoms with E-state index in [1.807, 2.05) is 40.1 Å². The number of amides is 4. The van der Waals surface area contributed by atoms with Crippen LogP contribution in [0.2, 0.25) is 0 Å². The average molecular weight is 831 g/mol. The molecule has 13 heteroatoms. The Hall–Kier alpha value is -5.56.